The Hall–Kier alpha value is 0.270. The van der Waals surface area contributed by atoms with Crippen LogP contribution in [0.3, 0.4) is 0 Å². The lowest BCUT2D eigenvalue weighted by molar-refractivity contribution is 0.0445. The van der Waals surface area contributed by atoms with Gasteiger partial charge in [-0.1, -0.05) is 65.2 Å². The number of rotatable bonds is 12. The van der Waals surface area contributed by atoms with Crippen molar-refractivity contribution in [1.82, 2.24) is 5.32 Å². The Morgan fingerprint density at radius 2 is 1.75 bits per heavy atom. The van der Waals surface area contributed by atoms with Crippen LogP contribution < -0.4 is 5.32 Å². The van der Waals surface area contributed by atoms with E-state index in [1.807, 2.05) is 11.8 Å². The van der Waals surface area contributed by atoms with Crippen molar-refractivity contribution >= 4 is 11.8 Å². The average Bonchev–Trinajstić information content (AvgIpc) is 2.50. The number of thioether (sulfide) groups is 1. The molecule has 1 aliphatic rings. The molecule has 0 aromatic rings. The first-order chi connectivity index (χ1) is 9.88. The zero-order valence-corrected chi connectivity index (χ0v) is 14.5. The number of hydrogen-bond acceptors (Lipinski definition) is 3. The molecule has 2 atom stereocenters. The van der Waals surface area contributed by atoms with Crippen LogP contribution in [0, 0.1) is 0 Å². The Morgan fingerprint density at radius 1 is 1.05 bits per heavy atom. The molecule has 0 aromatic heterocycles. The van der Waals surface area contributed by atoms with Gasteiger partial charge >= 0.3 is 0 Å². The average molecular weight is 302 g/mol. The number of hydrogen-bond donors (Lipinski definition) is 1. The van der Waals surface area contributed by atoms with Crippen LogP contribution in [0.25, 0.3) is 0 Å². The predicted molar refractivity (Wildman–Crippen MR) is 91.8 cm³/mol. The Balaban J connectivity index is 2.03. The van der Waals surface area contributed by atoms with Crippen molar-refractivity contribution in [2.24, 2.45) is 0 Å². The van der Waals surface area contributed by atoms with Gasteiger partial charge in [-0.05, 0) is 13.0 Å². The molecule has 0 spiro atoms. The van der Waals surface area contributed by atoms with Gasteiger partial charge in [-0.3, -0.25) is 0 Å². The van der Waals surface area contributed by atoms with E-state index in [0.29, 0.717) is 12.1 Å². The quantitative estimate of drug-likeness (QED) is 0.531. The summed E-state index contributed by atoms with van der Waals surface area (Å²) in [5.41, 5.74) is 0. The fourth-order valence-electron chi connectivity index (χ4n) is 2.92. The van der Waals surface area contributed by atoms with Crippen molar-refractivity contribution in [2.75, 3.05) is 24.7 Å². The molecule has 20 heavy (non-hydrogen) atoms. The second kappa shape index (κ2) is 13.0. The van der Waals surface area contributed by atoms with Crippen LogP contribution in [0.1, 0.15) is 71.6 Å². The van der Waals surface area contributed by atoms with Gasteiger partial charge in [0.25, 0.3) is 0 Å². The van der Waals surface area contributed by atoms with E-state index < -0.39 is 0 Å². The summed E-state index contributed by atoms with van der Waals surface area (Å²) in [5.74, 6) is 2.35. The minimum Gasteiger partial charge on any atom is -0.375 e. The number of likely N-dealkylation sites (N-methyl/N-ethyl adjacent to an activating group) is 1. The molecule has 3 heteroatoms. The molecule has 0 radical (unpaired) electrons. The third kappa shape index (κ3) is 8.53. The summed E-state index contributed by atoms with van der Waals surface area (Å²) in [7, 11) is 0. The monoisotopic (exact) mass is 301 g/mol. The van der Waals surface area contributed by atoms with Gasteiger partial charge in [0.1, 0.15) is 0 Å². The summed E-state index contributed by atoms with van der Waals surface area (Å²) >= 11 is 2.05. The van der Waals surface area contributed by atoms with E-state index in [-0.39, 0.29) is 0 Å². The highest BCUT2D eigenvalue weighted by Gasteiger charge is 2.23. The lowest BCUT2D eigenvalue weighted by Gasteiger charge is -2.30. The summed E-state index contributed by atoms with van der Waals surface area (Å²) in [6.45, 7) is 6.49. The maximum Gasteiger partial charge on any atom is 0.0818 e. The molecule has 1 rings (SSSR count). The van der Waals surface area contributed by atoms with E-state index >= 15 is 0 Å². The van der Waals surface area contributed by atoms with E-state index in [1.54, 1.807) is 0 Å². The van der Waals surface area contributed by atoms with E-state index in [9.17, 15) is 0 Å². The van der Waals surface area contributed by atoms with Crippen LogP contribution in [0.4, 0.5) is 0 Å². The van der Waals surface area contributed by atoms with Crippen LogP contribution in [0.2, 0.25) is 0 Å². The lowest BCUT2D eigenvalue weighted by atomic mass is 10.0. The molecule has 2 unspecified atom stereocenters. The summed E-state index contributed by atoms with van der Waals surface area (Å²) in [4.78, 5) is 0. The third-order valence-electron chi connectivity index (χ3n) is 4.13. The fraction of sp³-hybridized carbons (Fsp3) is 1.00. The zero-order valence-electron chi connectivity index (χ0n) is 13.7. The molecule has 1 saturated heterocycles. The van der Waals surface area contributed by atoms with Crippen LogP contribution in [-0.4, -0.2) is 36.8 Å². The Bertz CT molecular complexity index is 207. The highest BCUT2D eigenvalue weighted by molar-refractivity contribution is 7.99. The van der Waals surface area contributed by atoms with Crippen molar-refractivity contribution < 1.29 is 4.74 Å². The Kier molecular flexibility index (Phi) is 11.9. The SMILES string of the molecule is CCCCCCCCCCC(NCC)C1CSCCO1. The summed E-state index contributed by atoms with van der Waals surface area (Å²) in [6.07, 6.45) is 13.0. The molecule has 1 N–H and O–H groups in total. The molecule has 0 saturated carbocycles. The maximum atomic E-state index is 5.93. The molecular weight excluding hydrogens is 266 g/mol. The Morgan fingerprint density at radius 3 is 2.35 bits per heavy atom. The first-order valence-corrected chi connectivity index (χ1v) is 9.96. The van der Waals surface area contributed by atoms with Gasteiger partial charge in [-0.25, -0.2) is 0 Å². The number of unbranched alkanes of at least 4 members (excludes halogenated alkanes) is 7. The van der Waals surface area contributed by atoms with Crippen molar-refractivity contribution in [3.05, 3.63) is 0 Å². The predicted octanol–water partition coefficient (Wildman–Crippen LogP) is 4.63. The normalized spacial score (nSPS) is 21.0. The largest absolute Gasteiger partial charge is 0.375 e. The van der Waals surface area contributed by atoms with Crippen LogP contribution in [0.5, 0.6) is 0 Å². The summed E-state index contributed by atoms with van der Waals surface area (Å²) < 4.78 is 5.93. The summed E-state index contributed by atoms with van der Waals surface area (Å²) in [5, 5.41) is 3.63. The zero-order chi connectivity index (χ0) is 14.5. The molecule has 1 aliphatic heterocycles. The van der Waals surface area contributed by atoms with Gasteiger partial charge in [-0.15, -0.1) is 0 Å². The third-order valence-corrected chi connectivity index (χ3v) is 5.15. The minimum absolute atomic E-state index is 0.443. The van der Waals surface area contributed by atoms with Crippen molar-refractivity contribution in [1.29, 1.82) is 0 Å². The smallest absolute Gasteiger partial charge is 0.0818 e. The second-order valence-corrected chi connectivity index (χ2v) is 7.06. The minimum atomic E-state index is 0.443. The summed E-state index contributed by atoms with van der Waals surface area (Å²) in [6, 6.07) is 0.577. The van der Waals surface area contributed by atoms with Gasteiger partial charge < -0.3 is 10.1 Å². The van der Waals surface area contributed by atoms with Gasteiger partial charge in [-0.2, -0.15) is 11.8 Å². The van der Waals surface area contributed by atoms with Crippen LogP contribution in [-0.2, 0) is 4.74 Å². The van der Waals surface area contributed by atoms with E-state index in [0.717, 1.165) is 13.2 Å². The van der Waals surface area contributed by atoms with Crippen molar-refractivity contribution in [3.8, 4) is 0 Å². The standard InChI is InChI=1S/C17H35NOS/c1-3-5-6-7-8-9-10-11-12-16(18-4-2)17-15-20-14-13-19-17/h16-18H,3-15H2,1-2H3. The van der Waals surface area contributed by atoms with E-state index in [1.165, 1.54) is 69.3 Å². The van der Waals surface area contributed by atoms with Crippen molar-refractivity contribution in [2.45, 2.75) is 83.8 Å². The highest BCUT2D eigenvalue weighted by Crippen LogP contribution is 2.19. The van der Waals surface area contributed by atoms with Gasteiger partial charge in [0, 0.05) is 17.5 Å². The molecule has 1 heterocycles. The molecule has 0 amide bonds. The molecule has 1 fully saturated rings. The molecule has 0 aliphatic carbocycles. The first kappa shape index (κ1) is 18.3. The maximum absolute atomic E-state index is 5.93. The number of nitrogens with one attached hydrogen (secondary N) is 1. The molecule has 0 bridgehead atoms. The molecule has 0 aromatic carbocycles. The van der Waals surface area contributed by atoms with Crippen molar-refractivity contribution in [3.63, 3.8) is 0 Å². The second-order valence-electron chi connectivity index (χ2n) is 5.91. The molecule has 120 valence electrons. The number of ether oxygens (including phenoxy) is 1. The topological polar surface area (TPSA) is 21.3 Å². The van der Waals surface area contributed by atoms with E-state index in [4.69, 9.17) is 4.74 Å². The van der Waals surface area contributed by atoms with Crippen LogP contribution in [0.15, 0.2) is 0 Å². The highest BCUT2D eigenvalue weighted by atomic mass is 32.2. The lowest BCUT2D eigenvalue weighted by Crippen LogP contribution is -2.44. The fourth-order valence-corrected chi connectivity index (χ4v) is 3.86. The van der Waals surface area contributed by atoms with Gasteiger partial charge in [0.05, 0.1) is 12.7 Å². The van der Waals surface area contributed by atoms with Gasteiger partial charge in [0.15, 0.2) is 0 Å². The molecule has 2 nitrogen and oxygen atoms in total. The van der Waals surface area contributed by atoms with E-state index in [2.05, 4.69) is 19.2 Å². The first-order valence-electron chi connectivity index (χ1n) is 8.81. The van der Waals surface area contributed by atoms with Crippen LogP contribution >= 0.6 is 11.8 Å². The van der Waals surface area contributed by atoms with Gasteiger partial charge in [0.2, 0.25) is 0 Å². The Labute approximate surface area is 130 Å². The molecular formula is C17H35NOS.